The maximum atomic E-state index is 12.0. The number of aliphatic carboxylic acids is 1. The van der Waals surface area contributed by atoms with Crippen LogP contribution in [0.15, 0.2) is 18.3 Å². The summed E-state index contributed by atoms with van der Waals surface area (Å²) >= 11 is 0. The Balaban J connectivity index is 2.21. The van der Waals surface area contributed by atoms with E-state index < -0.39 is 12.0 Å². The molecule has 1 saturated heterocycles. The van der Waals surface area contributed by atoms with Gasteiger partial charge in [-0.1, -0.05) is 6.07 Å². The Labute approximate surface area is 92.7 Å². The van der Waals surface area contributed by atoms with E-state index in [2.05, 4.69) is 4.98 Å². The molecule has 0 aromatic carbocycles. The van der Waals surface area contributed by atoms with E-state index >= 15 is 0 Å². The predicted molar refractivity (Wildman–Crippen MR) is 56.1 cm³/mol. The fourth-order valence-electron chi connectivity index (χ4n) is 1.73. The molecule has 0 spiro atoms. The zero-order valence-corrected chi connectivity index (χ0v) is 8.88. The van der Waals surface area contributed by atoms with Crippen LogP contribution in [0.2, 0.25) is 0 Å². The summed E-state index contributed by atoms with van der Waals surface area (Å²) in [5.41, 5.74) is 1.11. The largest absolute Gasteiger partial charge is 0.480 e. The molecule has 1 aliphatic heterocycles. The van der Waals surface area contributed by atoms with Gasteiger partial charge in [0.15, 0.2) is 0 Å². The van der Waals surface area contributed by atoms with Crippen molar-refractivity contribution in [2.75, 3.05) is 6.54 Å². The molecule has 0 saturated carbocycles. The quantitative estimate of drug-likeness (QED) is 0.796. The molecule has 1 aromatic heterocycles. The van der Waals surface area contributed by atoms with Gasteiger partial charge in [-0.15, -0.1) is 0 Å². The summed E-state index contributed by atoms with van der Waals surface area (Å²) in [6.07, 6.45) is 2.06. The maximum Gasteiger partial charge on any atom is 0.326 e. The summed E-state index contributed by atoms with van der Waals surface area (Å²) < 4.78 is 0. The molecule has 2 rings (SSSR count). The van der Waals surface area contributed by atoms with E-state index in [1.54, 1.807) is 19.1 Å². The van der Waals surface area contributed by atoms with E-state index in [-0.39, 0.29) is 5.91 Å². The lowest BCUT2D eigenvalue weighted by Crippen LogP contribution is -2.55. The van der Waals surface area contributed by atoms with E-state index in [9.17, 15) is 9.59 Å². The van der Waals surface area contributed by atoms with E-state index in [4.69, 9.17) is 5.11 Å². The van der Waals surface area contributed by atoms with Crippen LogP contribution in [0.5, 0.6) is 0 Å². The van der Waals surface area contributed by atoms with Gasteiger partial charge in [-0.05, 0) is 25.0 Å². The number of hydrogen-bond acceptors (Lipinski definition) is 3. The van der Waals surface area contributed by atoms with Gasteiger partial charge in [0.1, 0.15) is 11.7 Å². The number of pyridine rings is 1. The Kier molecular flexibility index (Phi) is 2.60. The van der Waals surface area contributed by atoms with Crippen molar-refractivity contribution in [2.24, 2.45) is 0 Å². The second kappa shape index (κ2) is 3.92. The number of carbonyl (C=O) groups excluding carboxylic acids is 1. The Morgan fingerprint density at radius 2 is 2.31 bits per heavy atom. The molecular formula is C11H12N2O3. The molecule has 0 bridgehead atoms. The van der Waals surface area contributed by atoms with Crippen molar-refractivity contribution in [2.45, 2.75) is 19.4 Å². The summed E-state index contributed by atoms with van der Waals surface area (Å²) in [7, 11) is 0. The number of hydrogen-bond donors (Lipinski definition) is 1. The highest BCUT2D eigenvalue weighted by Gasteiger charge is 2.38. The zero-order chi connectivity index (χ0) is 11.7. The third kappa shape index (κ3) is 1.64. The Hall–Kier alpha value is -1.91. The fourth-order valence-corrected chi connectivity index (χ4v) is 1.73. The van der Waals surface area contributed by atoms with Crippen molar-refractivity contribution >= 4 is 11.9 Å². The van der Waals surface area contributed by atoms with Gasteiger partial charge in [0.05, 0.1) is 0 Å². The molecule has 1 N–H and O–H groups in total. The molecule has 1 fully saturated rings. The number of rotatable bonds is 2. The van der Waals surface area contributed by atoms with E-state index in [1.807, 2.05) is 0 Å². The van der Waals surface area contributed by atoms with Crippen molar-refractivity contribution in [1.29, 1.82) is 0 Å². The van der Waals surface area contributed by atoms with Crippen LogP contribution in [0.1, 0.15) is 22.5 Å². The Morgan fingerprint density at radius 1 is 1.56 bits per heavy atom. The van der Waals surface area contributed by atoms with E-state index in [0.717, 1.165) is 5.56 Å². The number of amides is 1. The number of aryl methyl sites for hydroxylation is 1. The number of aromatic nitrogens is 1. The minimum absolute atomic E-state index is 0.295. The molecule has 0 aliphatic carbocycles. The van der Waals surface area contributed by atoms with Crippen LogP contribution >= 0.6 is 0 Å². The van der Waals surface area contributed by atoms with Gasteiger partial charge in [0.25, 0.3) is 5.91 Å². The van der Waals surface area contributed by atoms with Crippen molar-refractivity contribution in [1.82, 2.24) is 9.88 Å². The number of carbonyl (C=O) groups is 2. The Bertz CT molecular complexity index is 445. The molecule has 84 valence electrons. The van der Waals surface area contributed by atoms with Crippen molar-refractivity contribution < 1.29 is 14.7 Å². The lowest BCUT2D eigenvalue weighted by molar-refractivity contribution is -0.146. The van der Waals surface area contributed by atoms with Crippen molar-refractivity contribution in [3.8, 4) is 0 Å². The van der Waals surface area contributed by atoms with Gasteiger partial charge >= 0.3 is 5.97 Å². The lowest BCUT2D eigenvalue weighted by Gasteiger charge is -2.37. The molecule has 0 radical (unpaired) electrons. The van der Waals surface area contributed by atoms with Gasteiger partial charge in [-0.25, -0.2) is 4.79 Å². The normalized spacial score (nSPS) is 19.1. The highest BCUT2D eigenvalue weighted by molar-refractivity contribution is 5.97. The summed E-state index contributed by atoms with van der Waals surface area (Å²) in [5, 5.41) is 8.85. The van der Waals surface area contributed by atoms with Crippen molar-refractivity contribution in [3.05, 3.63) is 29.6 Å². The third-order valence-electron chi connectivity index (χ3n) is 2.78. The average Bonchev–Trinajstić information content (AvgIpc) is 2.15. The molecule has 5 nitrogen and oxygen atoms in total. The topological polar surface area (TPSA) is 70.5 Å². The van der Waals surface area contributed by atoms with Crippen LogP contribution < -0.4 is 0 Å². The summed E-state index contributed by atoms with van der Waals surface area (Å²) in [6, 6.07) is 2.85. The number of likely N-dealkylation sites (tertiary alicyclic amines) is 1. The van der Waals surface area contributed by atoms with Crippen LogP contribution in [0.4, 0.5) is 0 Å². The van der Waals surface area contributed by atoms with Gasteiger partial charge in [-0.3, -0.25) is 9.78 Å². The highest BCUT2D eigenvalue weighted by Crippen LogP contribution is 2.21. The van der Waals surface area contributed by atoms with Crippen LogP contribution in [0, 0.1) is 6.92 Å². The van der Waals surface area contributed by atoms with E-state index in [0.29, 0.717) is 18.7 Å². The number of nitrogens with zero attached hydrogens (tertiary/aromatic N) is 2. The van der Waals surface area contributed by atoms with Gasteiger partial charge in [0.2, 0.25) is 0 Å². The first-order valence-corrected chi connectivity index (χ1v) is 5.06. The molecule has 0 unspecified atom stereocenters. The molecule has 1 aliphatic rings. The zero-order valence-electron chi connectivity index (χ0n) is 8.88. The molecule has 1 aromatic rings. The molecule has 5 heteroatoms. The first-order valence-electron chi connectivity index (χ1n) is 5.06. The van der Waals surface area contributed by atoms with Crippen LogP contribution in [0.3, 0.4) is 0 Å². The van der Waals surface area contributed by atoms with Crippen LogP contribution in [-0.4, -0.2) is 39.5 Å². The highest BCUT2D eigenvalue weighted by atomic mass is 16.4. The SMILES string of the molecule is Cc1cccnc1C(=O)N1CC[C@H]1C(=O)O. The monoisotopic (exact) mass is 220 g/mol. The second-order valence-electron chi connectivity index (χ2n) is 3.81. The number of carboxylic acid groups (broad SMARTS) is 1. The molecule has 1 amide bonds. The summed E-state index contributed by atoms with van der Waals surface area (Å²) in [5.74, 6) is -1.25. The standard InChI is InChI=1S/C11H12N2O3/c1-7-3-2-5-12-9(7)10(14)13-6-4-8(13)11(15)16/h2-3,5,8H,4,6H2,1H3,(H,15,16)/t8-/m0/s1. The smallest absolute Gasteiger partial charge is 0.326 e. The first-order chi connectivity index (χ1) is 7.61. The van der Waals surface area contributed by atoms with Crippen LogP contribution in [0.25, 0.3) is 0 Å². The van der Waals surface area contributed by atoms with Gasteiger partial charge in [0, 0.05) is 12.7 Å². The van der Waals surface area contributed by atoms with Crippen molar-refractivity contribution in [3.63, 3.8) is 0 Å². The average molecular weight is 220 g/mol. The summed E-state index contributed by atoms with van der Waals surface area (Å²) in [4.78, 5) is 28.1. The molecule has 2 heterocycles. The molecule has 16 heavy (non-hydrogen) atoms. The van der Waals surface area contributed by atoms with E-state index in [1.165, 1.54) is 11.1 Å². The second-order valence-corrected chi connectivity index (χ2v) is 3.81. The molecular weight excluding hydrogens is 208 g/mol. The minimum atomic E-state index is -0.951. The molecule has 1 atom stereocenters. The van der Waals surface area contributed by atoms with Gasteiger partial charge < -0.3 is 10.0 Å². The fraction of sp³-hybridized carbons (Fsp3) is 0.364. The maximum absolute atomic E-state index is 12.0. The third-order valence-corrected chi connectivity index (χ3v) is 2.78. The predicted octanol–water partition coefficient (Wildman–Crippen LogP) is 0.689. The minimum Gasteiger partial charge on any atom is -0.480 e. The number of carboxylic acids is 1. The first kappa shape index (κ1) is 10.6. The van der Waals surface area contributed by atoms with Gasteiger partial charge in [-0.2, -0.15) is 0 Å². The summed E-state index contributed by atoms with van der Waals surface area (Å²) in [6.45, 7) is 2.28. The lowest BCUT2D eigenvalue weighted by atomic mass is 10.0. The Morgan fingerprint density at radius 3 is 2.81 bits per heavy atom. The van der Waals surface area contributed by atoms with Crippen LogP contribution in [-0.2, 0) is 4.79 Å².